The zero-order chi connectivity index (χ0) is 8.43. The SMILES string of the molecule is COc1c(Br)cc(C)nc1Br. The van der Waals surface area contributed by atoms with Gasteiger partial charge in [-0.15, -0.1) is 0 Å². The lowest BCUT2D eigenvalue weighted by Gasteiger charge is -2.05. The molecule has 0 fully saturated rings. The second kappa shape index (κ2) is 3.54. The predicted octanol–water partition coefficient (Wildman–Crippen LogP) is 2.92. The Labute approximate surface area is 82.2 Å². The molecule has 0 radical (unpaired) electrons. The van der Waals surface area contributed by atoms with Crippen molar-refractivity contribution < 1.29 is 4.74 Å². The summed E-state index contributed by atoms with van der Waals surface area (Å²) in [6.45, 7) is 1.93. The number of ether oxygens (including phenoxy) is 1. The molecule has 2 nitrogen and oxygen atoms in total. The molecule has 0 aliphatic carbocycles. The van der Waals surface area contributed by atoms with Gasteiger partial charge in [0.2, 0.25) is 0 Å². The summed E-state index contributed by atoms with van der Waals surface area (Å²) in [5.41, 5.74) is 0.949. The van der Waals surface area contributed by atoms with E-state index in [-0.39, 0.29) is 0 Å². The first kappa shape index (κ1) is 9.00. The second-order valence-corrected chi connectivity index (χ2v) is 3.67. The number of nitrogens with zero attached hydrogens (tertiary/aromatic N) is 1. The highest BCUT2D eigenvalue weighted by molar-refractivity contribution is 9.11. The third-order valence-corrected chi connectivity index (χ3v) is 2.35. The van der Waals surface area contributed by atoms with E-state index >= 15 is 0 Å². The van der Waals surface area contributed by atoms with Crippen molar-refractivity contribution >= 4 is 31.9 Å². The number of aryl methyl sites for hydroxylation is 1. The smallest absolute Gasteiger partial charge is 0.165 e. The van der Waals surface area contributed by atoms with Crippen molar-refractivity contribution in [2.24, 2.45) is 0 Å². The minimum absolute atomic E-state index is 0.729. The Morgan fingerprint density at radius 1 is 1.45 bits per heavy atom. The van der Waals surface area contributed by atoms with Gasteiger partial charge in [0.15, 0.2) is 5.75 Å². The lowest BCUT2D eigenvalue weighted by molar-refractivity contribution is 0.406. The van der Waals surface area contributed by atoms with Crippen LogP contribution in [0.4, 0.5) is 0 Å². The summed E-state index contributed by atoms with van der Waals surface area (Å²) in [4.78, 5) is 4.17. The van der Waals surface area contributed by atoms with E-state index in [0.29, 0.717) is 0 Å². The van der Waals surface area contributed by atoms with E-state index in [2.05, 4.69) is 36.8 Å². The molecule has 0 unspecified atom stereocenters. The fraction of sp³-hybridized carbons (Fsp3) is 0.286. The zero-order valence-corrected chi connectivity index (χ0v) is 9.36. The number of hydrogen-bond acceptors (Lipinski definition) is 2. The Bertz CT molecular complexity index is 252. The quantitative estimate of drug-likeness (QED) is 0.738. The molecule has 11 heavy (non-hydrogen) atoms. The standard InChI is InChI=1S/C7H7Br2NO/c1-4-3-5(8)6(11-2)7(9)10-4/h3H,1-2H3. The molecule has 0 amide bonds. The first-order valence-corrected chi connectivity index (χ1v) is 4.60. The summed E-state index contributed by atoms with van der Waals surface area (Å²) in [7, 11) is 1.61. The van der Waals surface area contributed by atoms with Gasteiger partial charge >= 0.3 is 0 Å². The maximum absolute atomic E-state index is 5.07. The van der Waals surface area contributed by atoms with Gasteiger partial charge in [-0.25, -0.2) is 4.98 Å². The molecular formula is C7H7Br2NO. The molecule has 1 aromatic heterocycles. The van der Waals surface area contributed by atoms with E-state index in [0.717, 1.165) is 20.5 Å². The number of pyridine rings is 1. The number of hydrogen-bond donors (Lipinski definition) is 0. The van der Waals surface area contributed by atoms with Crippen molar-refractivity contribution in [2.45, 2.75) is 6.92 Å². The largest absolute Gasteiger partial charge is 0.493 e. The van der Waals surface area contributed by atoms with Gasteiger partial charge in [-0.2, -0.15) is 0 Å². The highest BCUT2D eigenvalue weighted by Gasteiger charge is 2.06. The molecule has 1 rings (SSSR count). The van der Waals surface area contributed by atoms with E-state index in [1.807, 2.05) is 13.0 Å². The summed E-state index contributed by atoms with van der Waals surface area (Å²) in [6.07, 6.45) is 0. The van der Waals surface area contributed by atoms with Crippen LogP contribution in [0.2, 0.25) is 0 Å². The van der Waals surface area contributed by atoms with E-state index in [1.54, 1.807) is 7.11 Å². The van der Waals surface area contributed by atoms with Gasteiger partial charge in [0.1, 0.15) is 4.60 Å². The molecule has 0 bridgehead atoms. The van der Waals surface area contributed by atoms with Gasteiger partial charge in [-0.1, -0.05) is 0 Å². The maximum Gasteiger partial charge on any atom is 0.165 e. The molecule has 60 valence electrons. The van der Waals surface area contributed by atoms with Crippen LogP contribution in [0, 0.1) is 6.92 Å². The molecule has 4 heteroatoms. The van der Waals surface area contributed by atoms with Gasteiger partial charge in [-0.05, 0) is 44.8 Å². The predicted molar refractivity (Wildman–Crippen MR) is 50.9 cm³/mol. The molecule has 0 N–H and O–H groups in total. The van der Waals surface area contributed by atoms with Crippen LogP contribution >= 0.6 is 31.9 Å². The number of halogens is 2. The number of rotatable bonds is 1. The molecule has 0 saturated heterocycles. The number of aromatic nitrogens is 1. The molecule has 0 atom stereocenters. The summed E-state index contributed by atoms with van der Waals surface area (Å²) < 4.78 is 6.72. The van der Waals surface area contributed by atoms with Crippen LogP contribution in [0.5, 0.6) is 5.75 Å². The normalized spacial score (nSPS) is 9.82. The van der Waals surface area contributed by atoms with E-state index in [4.69, 9.17) is 4.74 Å². The van der Waals surface area contributed by atoms with Gasteiger partial charge in [-0.3, -0.25) is 0 Å². The molecule has 0 saturated carbocycles. The van der Waals surface area contributed by atoms with Crippen molar-refractivity contribution in [1.29, 1.82) is 0 Å². The van der Waals surface area contributed by atoms with Crippen molar-refractivity contribution in [1.82, 2.24) is 4.98 Å². The highest BCUT2D eigenvalue weighted by atomic mass is 79.9. The molecular weight excluding hydrogens is 274 g/mol. The van der Waals surface area contributed by atoms with Crippen LogP contribution in [0.15, 0.2) is 15.1 Å². The van der Waals surface area contributed by atoms with Gasteiger partial charge in [0.25, 0.3) is 0 Å². The average Bonchev–Trinajstić information content (AvgIpc) is 1.85. The van der Waals surface area contributed by atoms with Gasteiger partial charge in [0, 0.05) is 5.69 Å². The second-order valence-electron chi connectivity index (χ2n) is 2.07. The summed E-state index contributed by atoms with van der Waals surface area (Å²) in [5, 5.41) is 0. The van der Waals surface area contributed by atoms with Crippen LogP contribution in [-0.2, 0) is 0 Å². The first-order chi connectivity index (χ1) is 5.15. The fourth-order valence-corrected chi connectivity index (χ4v) is 2.37. The van der Waals surface area contributed by atoms with E-state index in [9.17, 15) is 0 Å². The van der Waals surface area contributed by atoms with E-state index < -0.39 is 0 Å². The fourth-order valence-electron chi connectivity index (χ4n) is 0.767. The average molecular weight is 281 g/mol. The third kappa shape index (κ3) is 1.93. The third-order valence-electron chi connectivity index (χ3n) is 1.22. The Kier molecular flexibility index (Phi) is 2.90. The molecule has 1 heterocycles. The molecule has 0 spiro atoms. The summed E-state index contributed by atoms with van der Waals surface area (Å²) >= 11 is 6.66. The molecule has 0 aliphatic heterocycles. The monoisotopic (exact) mass is 279 g/mol. The topological polar surface area (TPSA) is 22.1 Å². The van der Waals surface area contributed by atoms with E-state index in [1.165, 1.54) is 0 Å². The maximum atomic E-state index is 5.07. The van der Waals surface area contributed by atoms with Crippen molar-refractivity contribution in [3.63, 3.8) is 0 Å². The lowest BCUT2D eigenvalue weighted by atomic mass is 10.4. The molecule has 0 aromatic carbocycles. The minimum Gasteiger partial charge on any atom is -0.493 e. The summed E-state index contributed by atoms with van der Waals surface area (Å²) in [5.74, 6) is 0.732. The molecule has 0 aliphatic rings. The van der Waals surface area contributed by atoms with Crippen LogP contribution in [0.3, 0.4) is 0 Å². The van der Waals surface area contributed by atoms with Gasteiger partial charge in [0.05, 0.1) is 11.6 Å². The Hall–Kier alpha value is -0.0900. The molecule has 1 aromatic rings. The van der Waals surface area contributed by atoms with Crippen LogP contribution in [0.25, 0.3) is 0 Å². The Morgan fingerprint density at radius 2 is 2.09 bits per heavy atom. The van der Waals surface area contributed by atoms with Crippen LogP contribution in [0.1, 0.15) is 5.69 Å². The van der Waals surface area contributed by atoms with Gasteiger partial charge < -0.3 is 4.74 Å². The number of methoxy groups -OCH3 is 1. The first-order valence-electron chi connectivity index (χ1n) is 3.01. The lowest BCUT2D eigenvalue weighted by Crippen LogP contribution is -1.90. The minimum atomic E-state index is 0.729. The van der Waals surface area contributed by atoms with Crippen LogP contribution < -0.4 is 4.74 Å². The Balaban J connectivity index is 3.25. The van der Waals surface area contributed by atoms with Crippen molar-refractivity contribution in [2.75, 3.05) is 7.11 Å². The van der Waals surface area contributed by atoms with Crippen molar-refractivity contribution in [3.8, 4) is 5.75 Å². The van der Waals surface area contributed by atoms with Crippen LogP contribution in [-0.4, -0.2) is 12.1 Å². The zero-order valence-electron chi connectivity index (χ0n) is 6.19. The highest BCUT2D eigenvalue weighted by Crippen LogP contribution is 2.31. The Morgan fingerprint density at radius 3 is 2.55 bits per heavy atom. The van der Waals surface area contributed by atoms with Crippen molar-refractivity contribution in [3.05, 3.63) is 20.8 Å². The summed E-state index contributed by atoms with van der Waals surface area (Å²) in [6, 6.07) is 1.91.